The molecular weight excluding hydrogens is 450 g/mol. The van der Waals surface area contributed by atoms with Crippen molar-refractivity contribution in [1.82, 2.24) is 4.90 Å². The molecule has 1 aromatic carbocycles. The number of phenols is 1. The van der Waals surface area contributed by atoms with Crippen LogP contribution in [0.2, 0.25) is 0 Å². The molecule has 5 atom stereocenters. The summed E-state index contributed by atoms with van der Waals surface area (Å²) in [7, 11) is 0. The molecule has 3 aliphatic carbocycles. The number of carbonyl (C=O) groups is 1. The molecule has 178 valence electrons. The van der Waals surface area contributed by atoms with Crippen molar-refractivity contribution < 1.29 is 24.2 Å². The summed E-state index contributed by atoms with van der Waals surface area (Å²) < 4.78 is 11.6. The second-order valence-electron chi connectivity index (χ2n) is 10.7. The van der Waals surface area contributed by atoms with E-state index in [0.29, 0.717) is 18.6 Å². The topological polar surface area (TPSA) is 83.1 Å². The summed E-state index contributed by atoms with van der Waals surface area (Å²) in [6, 6.07) is 5.62. The minimum absolute atomic E-state index is 0.0319. The number of hydrogen-bond acceptors (Lipinski definition) is 7. The predicted octanol–water partition coefficient (Wildman–Crippen LogP) is 3.89. The van der Waals surface area contributed by atoms with E-state index in [1.54, 1.807) is 30.7 Å². The highest BCUT2D eigenvalue weighted by Crippen LogP contribution is 2.66. The van der Waals surface area contributed by atoms with Crippen LogP contribution in [0, 0.1) is 5.92 Å². The highest BCUT2D eigenvalue weighted by Gasteiger charge is 2.73. The number of piperidine rings is 1. The van der Waals surface area contributed by atoms with Crippen molar-refractivity contribution in [3.8, 4) is 11.5 Å². The zero-order chi connectivity index (χ0) is 23.1. The van der Waals surface area contributed by atoms with Gasteiger partial charge in [-0.2, -0.15) is 0 Å². The molecule has 7 rings (SSSR count). The van der Waals surface area contributed by atoms with Gasteiger partial charge >= 0.3 is 0 Å². The van der Waals surface area contributed by atoms with Crippen LogP contribution < -0.4 is 4.74 Å². The second kappa shape index (κ2) is 7.39. The van der Waals surface area contributed by atoms with Crippen molar-refractivity contribution in [3.63, 3.8) is 0 Å². The maximum Gasteiger partial charge on any atom is 0.212 e. The maximum absolute atomic E-state index is 12.9. The van der Waals surface area contributed by atoms with Crippen LogP contribution in [-0.2, 0) is 16.6 Å². The fourth-order valence-electron chi connectivity index (χ4n) is 7.28. The first kappa shape index (κ1) is 21.1. The summed E-state index contributed by atoms with van der Waals surface area (Å²) in [5, 5.41) is 23.1. The average Bonchev–Trinajstić information content (AvgIpc) is 3.33. The maximum atomic E-state index is 12.9. The minimum atomic E-state index is -0.913. The molecule has 3 heterocycles. The Morgan fingerprint density at radius 1 is 1.24 bits per heavy atom. The smallest absolute Gasteiger partial charge is 0.212 e. The molecular formula is C27H29NO5S. The van der Waals surface area contributed by atoms with E-state index in [2.05, 4.69) is 4.90 Å². The van der Waals surface area contributed by atoms with E-state index in [1.165, 1.54) is 30.2 Å². The fourth-order valence-corrected chi connectivity index (χ4v) is 8.37. The summed E-state index contributed by atoms with van der Waals surface area (Å²) in [6.07, 6.45) is 11.7. The molecule has 2 unspecified atom stereocenters. The SMILES string of the molecule is O=C(C=Cc1ccoc1)SC1CC[C@@]2(O)[C@H]3Cc4ccc(O)c5c4[C@@]2(CCN3CC2CC2)C1O5. The Morgan fingerprint density at radius 3 is 2.91 bits per heavy atom. The summed E-state index contributed by atoms with van der Waals surface area (Å²) >= 11 is 1.30. The molecule has 2 aromatic rings. The molecule has 0 radical (unpaired) electrons. The molecule has 1 spiro atoms. The fraction of sp³-hybridized carbons (Fsp3) is 0.519. The summed E-state index contributed by atoms with van der Waals surface area (Å²) in [6.45, 7) is 1.98. The number of thioether (sulfide) groups is 1. The quantitative estimate of drug-likeness (QED) is 0.630. The van der Waals surface area contributed by atoms with Crippen molar-refractivity contribution in [2.24, 2.45) is 5.92 Å². The number of rotatable bonds is 5. The zero-order valence-electron chi connectivity index (χ0n) is 19.0. The van der Waals surface area contributed by atoms with Gasteiger partial charge in [0.15, 0.2) is 11.5 Å². The molecule has 0 amide bonds. The molecule has 34 heavy (non-hydrogen) atoms. The Balaban J connectivity index is 1.25. The van der Waals surface area contributed by atoms with E-state index < -0.39 is 11.0 Å². The minimum Gasteiger partial charge on any atom is -0.504 e. The van der Waals surface area contributed by atoms with Crippen molar-refractivity contribution in [1.29, 1.82) is 0 Å². The average molecular weight is 480 g/mol. The summed E-state index contributed by atoms with van der Waals surface area (Å²) in [5.41, 5.74) is 1.55. The first-order chi connectivity index (χ1) is 16.5. The van der Waals surface area contributed by atoms with E-state index in [-0.39, 0.29) is 28.3 Å². The molecule has 1 saturated heterocycles. The number of ether oxygens (including phenoxy) is 1. The Kier molecular flexibility index (Phi) is 4.58. The molecule has 3 fully saturated rings. The molecule has 2 bridgehead atoms. The number of benzene rings is 1. The molecule has 2 aliphatic heterocycles. The number of nitrogens with zero attached hydrogens (tertiary/aromatic N) is 1. The highest BCUT2D eigenvalue weighted by atomic mass is 32.2. The predicted molar refractivity (Wildman–Crippen MR) is 129 cm³/mol. The monoisotopic (exact) mass is 479 g/mol. The van der Waals surface area contributed by atoms with Crippen LogP contribution in [0.25, 0.3) is 6.08 Å². The van der Waals surface area contributed by atoms with E-state index in [4.69, 9.17) is 9.15 Å². The number of phenolic OH excluding ortho intramolecular Hbond substituents is 1. The molecule has 6 nitrogen and oxygen atoms in total. The van der Waals surface area contributed by atoms with Gasteiger partial charge in [-0.25, -0.2) is 0 Å². The largest absolute Gasteiger partial charge is 0.504 e. The lowest BCUT2D eigenvalue weighted by Gasteiger charge is -2.64. The van der Waals surface area contributed by atoms with E-state index >= 15 is 0 Å². The molecule has 2 N–H and O–H groups in total. The number of aliphatic hydroxyl groups is 1. The van der Waals surface area contributed by atoms with Gasteiger partial charge < -0.3 is 19.4 Å². The standard InChI is InChI=1S/C27H29NO5S/c29-19-5-4-18-13-21-27(31)9-7-20(34-22(30)6-3-17-8-12-32-15-17)25-26(27,23(18)24(19)33-25)10-11-28(21)14-16-1-2-16/h3-6,8,12,15-16,20-21,25,29,31H,1-2,7,9-11,13-14H2/t20?,21-,25?,26+,27-/m1/s1. The first-order valence-electron chi connectivity index (χ1n) is 12.4. The highest BCUT2D eigenvalue weighted by molar-refractivity contribution is 8.14. The van der Waals surface area contributed by atoms with E-state index in [9.17, 15) is 15.0 Å². The Labute approximate surface area is 203 Å². The Hall–Kier alpha value is -2.22. The number of likely N-dealkylation sites (tertiary alicyclic amines) is 1. The number of furan rings is 1. The van der Waals surface area contributed by atoms with Crippen LogP contribution in [0.4, 0.5) is 0 Å². The van der Waals surface area contributed by atoms with Crippen molar-refractivity contribution >= 4 is 23.0 Å². The van der Waals surface area contributed by atoms with Crippen LogP contribution in [0.3, 0.4) is 0 Å². The van der Waals surface area contributed by atoms with Gasteiger partial charge in [-0.1, -0.05) is 17.8 Å². The third-order valence-electron chi connectivity index (χ3n) is 8.93. The molecule has 2 saturated carbocycles. The normalized spacial score (nSPS) is 35.9. The third kappa shape index (κ3) is 2.87. The van der Waals surface area contributed by atoms with Crippen LogP contribution in [-0.4, -0.2) is 56.3 Å². The lowest BCUT2D eigenvalue weighted by Crippen LogP contribution is -2.77. The number of carbonyl (C=O) groups excluding carboxylic acids is 1. The third-order valence-corrected chi connectivity index (χ3v) is 10.1. The number of hydrogen-bond donors (Lipinski definition) is 2. The van der Waals surface area contributed by atoms with Crippen LogP contribution in [0.5, 0.6) is 11.5 Å². The van der Waals surface area contributed by atoms with Crippen LogP contribution in [0.1, 0.15) is 48.8 Å². The summed E-state index contributed by atoms with van der Waals surface area (Å²) in [5.74, 6) is 1.43. The molecule has 5 aliphatic rings. The van der Waals surface area contributed by atoms with E-state index in [1.807, 2.05) is 12.1 Å². The van der Waals surface area contributed by atoms with Crippen LogP contribution in [0.15, 0.2) is 41.2 Å². The van der Waals surface area contributed by atoms with Crippen LogP contribution >= 0.6 is 11.8 Å². The zero-order valence-corrected chi connectivity index (χ0v) is 19.8. The lowest BCUT2D eigenvalue weighted by atomic mass is 9.49. The number of aromatic hydroxyl groups is 1. The van der Waals surface area contributed by atoms with E-state index in [0.717, 1.165) is 43.0 Å². The lowest BCUT2D eigenvalue weighted by molar-refractivity contribution is -0.184. The van der Waals surface area contributed by atoms with Gasteiger partial charge in [0.05, 0.1) is 28.8 Å². The Morgan fingerprint density at radius 2 is 2.12 bits per heavy atom. The van der Waals surface area contributed by atoms with Gasteiger partial charge in [0.1, 0.15) is 6.10 Å². The van der Waals surface area contributed by atoms with Gasteiger partial charge in [0, 0.05) is 23.7 Å². The van der Waals surface area contributed by atoms with Gasteiger partial charge in [0.25, 0.3) is 0 Å². The Bertz CT molecular complexity index is 1170. The van der Waals surface area contributed by atoms with Crippen molar-refractivity contribution in [3.05, 3.63) is 53.5 Å². The van der Waals surface area contributed by atoms with Gasteiger partial charge in [0.2, 0.25) is 5.12 Å². The molecule has 7 heteroatoms. The van der Waals surface area contributed by atoms with Gasteiger partial charge in [-0.15, -0.1) is 0 Å². The first-order valence-corrected chi connectivity index (χ1v) is 13.3. The van der Waals surface area contributed by atoms with Crippen molar-refractivity contribution in [2.45, 2.75) is 66.9 Å². The van der Waals surface area contributed by atoms with Gasteiger partial charge in [-0.05, 0) is 80.8 Å². The summed E-state index contributed by atoms with van der Waals surface area (Å²) in [4.78, 5) is 15.4. The molecule has 1 aromatic heterocycles. The second-order valence-corrected chi connectivity index (χ2v) is 11.9. The van der Waals surface area contributed by atoms with Gasteiger partial charge in [-0.3, -0.25) is 9.69 Å². The van der Waals surface area contributed by atoms with Crippen molar-refractivity contribution in [2.75, 3.05) is 13.1 Å².